The predicted octanol–water partition coefficient (Wildman–Crippen LogP) is 3.05. The Morgan fingerprint density at radius 2 is 1.82 bits per heavy atom. The first-order valence-corrected chi connectivity index (χ1v) is 8.58. The van der Waals surface area contributed by atoms with Gasteiger partial charge < -0.3 is 0 Å². The molecule has 1 aromatic rings. The van der Waals surface area contributed by atoms with Gasteiger partial charge in [-0.15, -0.1) is 22.9 Å². The van der Waals surface area contributed by atoms with Gasteiger partial charge in [-0.3, -0.25) is 0 Å². The zero-order valence-corrected chi connectivity index (χ0v) is 12.0. The van der Waals surface area contributed by atoms with Crippen LogP contribution in [0.5, 0.6) is 0 Å². The molecule has 6 heteroatoms. The summed E-state index contributed by atoms with van der Waals surface area (Å²) in [4.78, 5) is 0.903. The largest absolute Gasteiger partial charge is 0.252 e. The molecule has 0 atom stereocenters. The molecule has 0 spiro atoms. The Morgan fingerprint density at radius 3 is 2.35 bits per heavy atom. The summed E-state index contributed by atoms with van der Waals surface area (Å²) >= 11 is 6.98. The fourth-order valence-corrected chi connectivity index (χ4v) is 5.11. The van der Waals surface area contributed by atoms with Gasteiger partial charge in [0.1, 0.15) is 4.21 Å². The summed E-state index contributed by atoms with van der Waals surface area (Å²) < 4.78 is 26.8. The van der Waals surface area contributed by atoms with Gasteiger partial charge in [0.15, 0.2) is 0 Å². The Kier molecular flexibility index (Phi) is 4.47. The summed E-state index contributed by atoms with van der Waals surface area (Å²) in [6.45, 7) is 1.30. The lowest BCUT2D eigenvalue weighted by Crippen LogP contribution is -2.31. The van der Waals surface area contributed by atoms with Crippen LogP contribution in [0.15, 0.2) is 16.3 Å². The summed E-state index contributed by atoms with van der Waals surface area (Å²) in [6.07, 6.45) is 4.19. The van der Waals surface area contributed by atoms with E-state index in [1.165, 1.54) is 11.3 Å². The number of nitrogens with zero attached hydrogens (tertiary/aromatic N) is 1. The van der Waals surface area contributed by atoms with Crippen LogP contribution in [0.4, 0.5) is 0 Å². The van der Waals surface area contributed by atoms with E-state index in [1.54, 1.807) is 16.4 Å². The number of halogens is 1. The van der Waals surface area contributed by atoms with Crippen LogP contribution < -0.4 is 0 Å². The quantitative estimate of drug-likeness (QED) is 0.803. The van der Waals surface area contributed by atoms with E-state index < -0.39 is 10.0 Å². The summed E-state index contributed by atoms with van der Waals surface area (Å²) in [5.41, 5.74) is 0. The molecule has 0 N–H and O–H groups in total. The highest BCUT2D eigenvalue weighted by atomic mass is 35.5. The normalized spacial score (nSPS) is 19.1. The van der Waals surface area contributed by atoms with Crippen LogP contribution in [0.3, 0.4) is 0 Å². The number of thiophene rings is 1. The van der Waals surface area contributed by atoms with Gasteiger partial charge in [-0.2, -0.15) is 4.31 Å². The molecule has 17 heavy (non-hydrogen) atoms. The standard InChI is InChI=1S/C11H16ClNO2S2/c12-9-10-5-6-11(16-10)17(14,15)13-7-3-1-2-4-8-13/h5-6H,1-4,7-9H2. The molecule has 2 heterocycles. The molecular weight excluding hydrogens is 278 g/mol. The molecule has 1 saturated heterocycles. The Labute approximate surface area is 111 Å². The van der Waals surface area contributed by atoms with Gasteiger partial charge in [0.05, 0.1) is 5.88 Å². The van der Waals surface area contributed by atoms with E-state index in [0.717, 1.165) is 30.6 Å². The summed E-state index contributed by atoms with van der Waals surface area (Å²) in [7, 11) is -3.28. The first-order chi connectivity index (χ1) is 8.14. The van der Waals surface area contributed by atoms with E-state index in [2.05, 4.69) is 0 Å². The Balaban J connectivity index is 2.22. The topological polar surface area (TPSA) is 37.4 Å². The van der Waals surface area contributed by atoms with Gasteiger partial charge in [-0.25, -0.2) is 8.42 Å². The minimum Gasteiger partial charge on any atom is -0.206 e. The van der Waals surface area contributed by atoms with Crippen molar-refractivity contribution in [1.82, 2.24) is 4.31 Å². The monoisotopic (exact) mass is 293 g/mol. The molecule has 0 unspecified atom stereocenters. The van der Waals surface area contributed by atoms with E-state index in [4.69, 9.17) is 11.6 Å². The molecule has 2 rings (SSSR count). The van der Waals surface area contributed by atoms with Gasteiger partial charge in [0, 0.05) is 18.0 Å². The Bertz CT molecular complexity index is 462. The lowest BCUT2D eigenvalue weighted by atomic mass is 10.2. The second kappa shape index (κ2) is 5.69. The maximum Gasteiger partial charge on any atom is 0.252 e. The summed E-state index contributed by atoms with van der Waals surface area (Å²) in [5, 5.41) is 0. The van der Waals surface area contributed by atoms with Gasteiger partial charge in [-0.1, -0.05) is 12.8 Å². The fraction of sp³-hybridized carbons (Fsp3) is 0.636. The van der Waals surface area contributed by atoms with Crippen LogP contribution in [0.2, 0.25) is 0 Å². The van der Waals surface area contributed by atoms with Crippen LogP contribution in [0, 0.1) is 0 Å². The van der Waals surface area contributed by atoms with Crippen LogP contribution in [0.1, 0.15) is 30.6 Å². The number of rotatable bonds is 3. The highest BCUT2D eigenvalue weighted by Gasteiger charge is 2.26. The third-order valence-corrected chi connectivity index (χ3v) is 6.83. The highest BCUT2D eigenvalue weighted by Crippen LogP contribution is 2.27. The average molecular weight is 294 g/mol. The molecule has 1 aromatic heterocycles. The molecule has 0 radical (unpaired) electrons. The Morgan fingerprint density at radius 1 is 1.18 bits per heavy atom. The second-order valence-corrected chi connectivity index (χ2v) is 7.77. The average Bonchev–Trinajstić information content (AvgIpc) is 2.64. The SMILES string of the molecule is O=S(=O)(c1ccc(CCl)s1)N1CCCCCC1. The molecule has 0 amide bonds. The molecule has 1 aliphatic rings. The molecule has 96 valence electrons. The van der Waals surface area contributed by atoms with Gasteiger partial charge in [0.25, 0.3) is 10.0 Å². The van der Waals surface area contributed by atoms with Crippen molar-refractivity contribution in [2.24, 2.45) is 0 Å². The minimum atomic E-state index is -3.28. The van der Waals surface area contributed by atoms with Crippen molar-refractivity contribution in [3.05, 3.63) is 17.0 Å². The van der Waals surface area contributed by atoms with Crippen molar-refractivity contribution in [1.29, 1.82) is 0 Å². The van der Waals surface area contributed by atoms with Gasteiger partial charge >= 0.3 is 0 Å². The van der Waals surface area contributed by atoms with Crippen molar-refractivity contribution in [3.8, 4) is 0 Å². The molecular formula is C11H16ClNO2S2. The van der Waals surface area contributed by atoms with Crippen molar-refractivity contribution in [3.63, 3.8) is 0 Å². The maximum absolute atomic E-state index is 12.4. The van der Waals surface area contributed by atoms with Crippen LogP contribution >= 0.6 is 22.9 Å². The minimum absolute atomic E-state index is 0.375. The molecule has 3 nitrogen and oxygen atoms in total. The Hall–Kier alpha value is -0.100. The second-order valence-electron chi connectivity index (χ2n) is 4.17. The lowest BCUT2D eigenvalue weighted by molar-refractivity contribution is 0.425. The van der Waals surface area contributed by atoms with Crippen molar-refractivity contribution in [2.45, 2.75) is 35.8 Å². The van der Waals surface area contributed by atoms with E-state index in [1.807, 2.05) is 0 Å². The molecule has 1 aliphatic heterocycles. The van der Waals surface area contributed by atoms with Crippen molar-refractivity contribution < 1.29 is 8.42 Å². The molecule has 0 aromatic carbocycles. The molecule has 0 aliphatic carbocycles. The third kappa shape index (κ3) is 3.02. The molecule has 0 saturated carbocycles. The van der Waals surface area contributed by atoms with E-state index in [-0.39, 0.29) is 0 Å². The third-order valence-electron chi connectivity index (χ3n) is 2.93. The number of alkyl halides is 1. The van der Waals surface area contributed by atoms with Crippen LogP contribution in [-0.4, -0.2) is 25.8 Å². The molecule has 1 fully saturated rings. The first-order valence-electron chi connectivity index (χ1n) is 5.79. The van der Waals surface area contributed by atoms with Gasteiger partial charge in [-0.05, 0) is 25.0 Å². The van der Waals surface area contributed by atoms with Crippen molar-refractivity contribution >= 4 is 33.0 Å². The summed E-state index contributed by atoms with van der Waals surface area (Å²) in [5.74, 6) is 0.375. The molecule has 0 bridgehead atoms. The first kappa shape index (κ1) is 13.3. The zero-order chi connectivity index (χ0) is 12.3. The van der Waals surface area contributed by atoms with Crippen LogP contribution in [0.25, 0.3) is 0 Å². The number of hydrogen-bond donors (Lipinski definition) is 0. The van der Waals surface area contributed by atoms with Crippen molar-refractivity contribution in [2.75, 3.05) is 13.1 Å². The highest BCUT2D eigenvalue weighted by molar-refractivity contribution is 7.91. The van der Waals surface area contributed by atoms with E-state index in [0.29, 0.717) is 23.2 Å². The smallest absolute Gasteiger partial charge is 0.206 e. The summed E-state index contributed by atoms with van der Waals surface area (Å²) in [6, 6.07) is 3.46. The fourth-order valence-electron chi connectivity index (χ4n) is 1.98. The number of sulfonamides is 1. The zero-order valence-electron chi connectivity index (χ0n) is 9.56. The lowest BCUT2D eigenvalue weighted by Gasteiger charge is -2.18. The number of hydrogen-bond acceptors (Lipinski definition) is 3. The van der Waals surface area contributed by atoms with Crippen LogP contribution in [-0.2, 0) is 15.9 Å². The predicted molar refractivity (Wildman–Crippen MR) is 71.1 cm³/mol. The maximum atomic E-state index is 12.4. The van der Waals surface area contributed by atoms with E-state index in [9.17, 15) is 8.42 Å². The van der Waals surface area contributed by atoms with E-state index >= 15 is 0 Å². The van der Waals surface area contributed by atoms with Gasteiger partial charge in [0.2, 0.25) is 0 Å².